The van der Waals surface area contributed by atoms with Crippen LogP contribution >= 0.6 is 0 Å². The molecule has 7 heteroatoms. The molecule has 0 saturated carbocycles. The Morgan fingerprint density at radius 3 is 2.54 bits per heavy atom. The lowest BCUT2D eigenvalue weighted by Crippen LogP contribution is -2.49. The normalized spacial score (nSPS) is 24.4. The molecule has 0 spiro atoms. The van der Waals surface area contributed by atoms with E-state index in [0.29, 0.717) is 6.61 Å². The number of benzene rings is 1. The predicted molar refractivity (Wildman–Crippen MR) is 91.9 cm³/mol. The van der Waals surface area contributed by atoms with Crippen molar-refractivity contribution in [2.24, 2.45) is 0 Å². The van der Waals surface area contributed by atoms with Gasteiger partial charge in [0.1, 0.15) is 6.10 Å². The van der Waals surface area contributed by atoms with Gasteiger partial charge in [-0.2, -0.15) is 0 Å². The van der Waals surface area contributed by atoms with Crippen LogP contribution in [0.5, 0.6) is 0 Å². The fraction of sp³-hybridized carbons (Fsp3) is 0.529. The Morgan fingerprint density at radius 2 is 1.92 bits per heavy atom. The molecule has 1 aromatic carbocycles. The molecule has 1 aliphatic rings. The topological polar surface area (TPSA) is 73.9 Å². The fourth-order valence-electron chi connectivity index (χ4n) is 2.35. The summed E-state index contributed by atoms with van der Waals surface area (Å²) in [4.78, 5) is 0. The van der Waals surface area contributed by atoms with Crippen molar-refractivity contribution in [3.05, 3.63) is 48.0 Å². The summed E-state index contributed by atoms with van der Waals surface area (Å²) < 4.78 is 42.8. The zero-order chi connectivity index (χ0) is 17.6. The molecule has 2 rings (SSSR count). The van der Waals surface area contributed by atoms with E-state index in [0.717, 1.165) is 11.8 Å². The van der Waals surface area contributed by atoms with E-state index in [2.05, 4.69) is 4.72 Å². The Morgan fingerprint density at radius 1 is 1.21 bits per heavy atom. The molecule has 1 aromatic rings. The second-order valence-electron chi connectivity index (χ2n) is 6.03. The summed E-state index contributed by atoms with van der Waals surface area (Å²) in [5.74, 6) is 0. The second-order valence-corrected chi connectivity index (χ2v) is 7.81. The van der Waals surface area contributed by atoms with Crippen LogP contribution in [0.4, 0.5) is 0 Å². The predicted octanol–water partition coefficient (Wildman–Crippen LogP) is 1.83. The van der Waals surface area contributed by atoms with Crippen molar-refractivity contribution < 1.29 is 22.6 Å². The van der Waals surface area contributed by atoms with Crippen molar-refractivity contribution in [1.82, 2.24) is 4.72 Å². The largest absolute Gasteiger partial charge is 0.374 e. The summed E-state index contributed by atoms with van der Waals surface area (Å²) in [6.07, 6.45) is 3.64. The molecular formula is C17H25NO5S. The Kier molecular flexibility index (Phi) is 6.94. The molecule has 6 nitrogen and oxygen atoms in total. The standard InChI is InChI=1S/C17H25NO5S/c1-13(2)22-17-10-9-15(18-24(3,19)20)16(23-17)12-21-11-14-7-5-4-6-8-14/h4-10,13,15-18H,11-12H2,1-3H3/t15-,16+,17-/m0/s1. The number of rotatable bonds is 8. The number of sulfonamides is 1. The summed E-state index contributed by atoms with van der Waals surface area (Å²) in [6, 6.07) is 9.29. The fourth-order valence-corrected chi connectivity index (χ4v) is 3.08. The lowest BCUT2D eigenvalue weighted by molar-refractivity contribution is -0.182. The van der Waals surface area contributed by atoms with Crippen molar-refractivity contribution in [3.8, 4) is 0 Å². The number of hydrogen-bond acceptors (Lipinski definition) is 5. The highest BCUT2D eigenvalue weighted by Crippen LogP contribution is 2.17. The first-order valence-corrected chi connectivity index (χ1v) is 9.81. The number of nitrogens with one attached hydrogen (secondary N) is 1. The Bertz CT molecular complexity index is 630. The molecule has 24 heavy (non-hydrogen) atoms. The highest BCUT2D eigenvalue weighted by Gasteiger charge is 2.30. The minimum Gasteiger partial charge on any atom is -0.374 e. The van der Waals surface area contributed by atoms with Gasteiger partial charge >= 0.3 is 0 Å². The average Bonchev–Trinajstić information content (AvgIpc) is 2.49. The first-order chi connectivity index (χ1) is 11.3. The molecule has 0 amide bonds. The van der Waals surface area contributed by atoms with Crippen molar-refractivity contribution >= 4 is 10.0 Å². The van der Waals surface area contributed by atoms with E-state index in [9.17, 15) is 8.42 Å². The van der Waals surface area contributed by atoms with Gasteiger partial charge < -0.3 is 14.2 Å². The number of hydrogen-bond donors (Lipinski definition) is 1. The van der Waals surface area contributed by atoms with Gasteiger partial charge in [0.15, 0.2) is 6.29 Å². The zero-order valence-electron chi connectivity index (χ0n) is 14.2. The van der Waals surface area contributed by atoms with Gasteiger partial charge in [-0.05, 0) is 25.5 Å². The van der Waals surface area contributed by atoms with Crippen LogP contribution in [0.1, 0.15) is 19.4 Å². The smallest absolute Gasteiger partial charge is 0.209 e. The van der Waals surface area contributed by atoms with Gasteiger partial charge in [0.2, 0.25) is 10.0 Å². The minimum absolute atomic E-state index is 0.00459. The summed E-state index contributed by atoms with van der Waals surface area (Å²) in [6.45, 7) is 4.52. The molecule has 0 aliphatic carbocycles. The first-order valence-electron chi connectivity index (χ1n) is 7.92. The van der Waals surface area contributed by atoms with Crippen molar-refractivity contribution in [2.45, 2.75) is 45.0 Å². The maximum absolute atomic E-state index is 11.5. The van der Waals surface area contributed by atoms with E-state index < -0.39 is 28.5 Å². The highest BCUT2D eigenvalue weighted by molar-refractivity contribution is 7.88. The SMILES string of the molecule is CC(C)O[C@@H]1C=C[C@H](NS(C)(=O)=O)[C@@H](COCc2ccccc2)O1. The molecular weight excluding hydrogens is 330 g/mol. The third-order valence-corrected chi connectivity index (χ3v) is 4.04. The lowest BCUT2D eigenvalue weighted by atomic mass is 10.1. The quantitative estimate of drug-likeness (QED) is 0.720. The average molecular weight is 355 g/mol. The van der Waals surface area contributed by atoms with Crippen LogP contribution in [-0.4, -0.2) is 45.8 Å². The Balaban J connectivity index is 1.96. The molecule has 1 N–H and O–H groups in total. The maximum Gasteiger partial charge on any atom is 0.209 e. The minimum atomic E-state index is -3.35. The summed E-state index contributed by atoms with van der Waals surface area (Å²) in [7, 11) is -3.35. The van der Waals surface area contributed by atoms with E-state index in [1.165, 1.54) is 0 Å². The Labute approximate surface area is 143 Å². The third kappa shape index (κ3) is 6.70. The summed E-state index contributed by atoms with van der Waals surface area (Å²) >= 11 is 0. The monoisotopic (exact) mass is 355 g/mol. The van der Waals surface area contributed by atoms with Gasteiger partial charge in [0.25, 0.3) is 0 Å². The van der Waals surface area contributed by atoms with Gasteiger partial charge in [-0.3, -0.25) is 0 Å². The molecule has 134 valence electrons. The van der Waals surface area contributed by atoms with Crippen molar-refractivity contribution in [2.75, 3.05) is 12.9 Å². The van der Waals surface area contributed by atoms with E-state index in [1.807, 2.05) is 44.2 Å². The first kappa shape index (κ1) is 19.1. The van der Waals surface area contributed by atoms with Gasteiger partial charge in [-0.25, -0.2) is 13.1 Å². The van der Waals surface area contributed by atoms with Crippen molar-refractivity contribution in [1.29, 1.82) is 0 Å². The highest BCUT2D eigenvalue weighted by atomic mass is 32.2. The zero-order valence-corrected chi connectivity index (χ0v) is 15.0. The van der Waals surface area contributed by atoms with Crippen LogP contribution in [-0.2, 0) is 30.8 Å². The lowest BCUT2D eigenvalue weighted by Gasteiger charge is -2.32. The molecule has 0 radical (unpaired) electrons. The summed E-state index contributed by atoms with van der Waals surface area (Å²) in [5.41, 5.74) is 1.05. The van der Waals surface area contributed by atoms with E-state index in [1.54, 1.807) is 12.2 Å². The van der Waals surface area contributed by atoms with E-state index >= 15 is 0 Å². The molecule has 0 aromatic heterocycles. The van der Waals surface area contributed by atoms with Crippen LogP contribution < -0.4 is 4.72 Å². The van der Waals surface area contributed by atoms with Gasteiger partial charge in [-0.1, -0.05) is 36.4 Å². The van der Waals surface area contributed by atoms with Gasteiger partial charge in [0.05, 0.1) is 31.6 Å². The van der Waals surface area contributed by atoms with Crippen LogP contribution in [0.2, 0.25) is 0 Å². The van der Waals surface area contributed by atoms with Crippen LogP contribution in [0.3, 0.4) is 0 Å². The molecule has 1 aliphatic heterocycles. The van der Waals surface area contributed by atoms with Gasteiger partial charge in [0, 0.05) is 0 Å². The summed E-state index contributed by atoms with van der Waals surface area (Å²) in [5, 5.41) is 0. The van der Waals surface area contributed by atoms with Gasteiger partial charge in [-0.15, -0.1) is 0 Å². The molecule has 0 fully saturated rings. The van der Waals surface area contributed by atoms with E-state index in [4.69, 9.17) is 14.2 Å². The maximum atomic E-state index is 11.5. The molecule has 3 atom stereocenters. The van der Waals surface area contributed by atoms with Crippen LogP contribution in [0, 0.1) is 0 Å². The third-order valence-electron chi connectivity index (χ3n) is 3.34. The van der Waals surface area contributed by atoms with E-state index in [-0.39, 0.29) is 12.7 Å². The molecule has 0 bridgehead atoms. The van der Waals surface area contributed by atoms with Crippen molar-refractivity contribution in [3.63, 3.8) is 0 Å². The second kappa shape index (κ2) is 8.73. The molecule has 0 saturated heterocycles. The Hall–Kier alpha value is -1.25. The molecule has 1 heterocycles. The van der Waals surface area contributed by atoms with Crippen LogP contribution in [0.25, 0.3) is 0 Å². The molecule has 0 unspecified atom stereocenters. The van der Waals surface area contributed by atoms with Crippen LogP contribution in [0.15, 0.2) is 42.5 Å². The number of ether oxygens (including phenoxy) is 3.